The van der Waals surface area contributed by atoms with Crippen molar-refractivity contribution in [2.24, 2.45) is 0 Å². The molecule has 0 N–H and O–H groups in total. The molecule has 0 unspecified atom stereocenters. The van der Waals surface area contributed by atoms with Crippen molar-refractivity contribution in [3.8, 4) is 44.5 Å². The Morgan fingerprint density at radius 2 is 0.571 bits per heavy atom. The molecule has 0 aliphatic rings. The van der Waals surface area contributed by atoms with Crippen LogP contribution in [0.2, 0.25) is 0 Å². The number of hydrogen-bond donors (Lipinski definition) is 0. The smallest absolute Gasteiger partial charge is 0.0462 e. The van der Waals surface area contributed by atoms with Crippen molar-refractivity contribution in [2.45, 2.75) is 0 Å². The van der Waals surface area contributed by atoms with Gasteiger partial charge in [-0.2, -0.15) is 0 Å². The highest BCUT2D eigenvalue weighted by Crippen LogP contribution is 2.41. The van der Waals surface area contributed by atoms with Crippen molar-refractivity contribution in [1.82, 2.24) is 0 Å². The van der Waals surface area contributed by atoms with E-state index in [0.29, 0.717) is 0 Å². The quantitative estimate of drug-likeness (QED) is 0.145. The van der Waals surface area contributed by atoms with Crippen LogP contribution in [0.25, 0.3) is 98.4 Å². The molecule has 0 radical (unpaired) electrons. The van der Waals surface area contributed by atoms with Crippen molar-refractivity contribution in [2.75, 3.05) is 4.90 Å². The standard InChI is InChI=1S/C62H41N/c1-2-13-46-38-48(25-24-42(46)12-1)44-28-34-53(35-29-44)63(54-36-30-45(31-37-54)61-40-50-14-3-5-18-55(50)57-20-7-9-22-59(57)61)52-32-26-43(27-33-52)47-16-11-17-49(39-47)62-41-51-15-4-6-19-56(51)58-21-8-10-23-60(58)62/h1-41H. The highest BCUT2D eigenvalue weighted by Gasteiger charge is 2.16. The van der Waals surface area contributed by atoms with Crippen molar-refractivity contribution < 1.29 is 0 Å². The fraction of sp³-hybridized carbons (Fsp3) is 0. The van der Waals surface area contributed by atoms with Gasteiger partial charge in [-0.3, -0.25) is 0 Å². The Labute approximate surface area is 367 Å². The molecule has 294 valence electrons. The molecule has 1 nitrogen and oxygen atoms in total. The monoisotopic (exact) mass is 799 g/mol. The van der Waals surface area contributed by atoms with Gasteiger partial charge in [0.1, 0.15) is 0 Å². The maximum atomic E-state index is 2.37. The summed E-state index contributed by atoms with van der Waals surface area (Å²) in [6, 6.07) is 91.0. The van der Waals surface area contributed by atoms with E-state index in [1.807, 2.05) is 0 Å². The Morgan fingerprint density at radius 3 is 1.11 bits per heavy atom. The van der Waals surface area contributed by atoms with E-state index < -0.39 is 0 Å². The van der Waals surface area contributed by atoms with Gasteiger partial charge >= 0.3 is 0 Å². The molecule has 63 heavy (non-hydrogen) atoms. The molecule has 0 saturated carbocycles. The van der Waals surface area contributed by atoms with Gasteiger partial charge in [0.25, 0.3) is 0 Å². The van der Waals surface area contributed by atoms with Gasteiger partial charge in [-0.25, -0.2) is 0 Å². The summed E-state index contributed by atoms with van der Waals surface area (Å²) in [4.78, 5) is 2.37. The van der Waals surface area contributed by atoms with Crippen LogP contribution in [0.4, 0.5) is 17.1 Å². The second-order valence-corrected chi connectivity index (χ2v) is 16.5. The van der Waals surface area contributed by atoms with Gasteiger partial charge in [0.2, 0.25) is 0 Å². The van der Waals surface area contributed by atoms with E-state index in [-0.39, 0.29) is 0 Å². The molecular weight excluding hydrogens is 759 g/mol. The van der Waals surface area contributed by atoms with Gasteiger partial charge in [-0.15, -0.1) is 0 Å². The van der Waals surface area contributed by atoms with Crippen LogP contribution in [-0.4, -0.2) is 0 Å². The highest BCUT2D eigenvalue weighted by atomic mass is 15.1. The van der Waals surface area contributed by atoms with Crippen molar-refractivity contribution in [3.63, 3.8) is 0 Å². The minimum absolute atomic E-state index is 1.10. The van der Waals surface area contributed by atoms with Gasteiger partial charge in [0.15, 0.2) is 0 Å². The lowest BCUT2D eigenvalue weighted by Gasteiger charge is -2.26. The van der Waals surface area contributed by atoms with Crippen LogP contribution in [-0.2, 0) is 0 Å². The Kier molecular flexibility index (Phi) is 8.90. The van der Waals surface area contributed by atoms with Crippen LogP contribution >= 0.6 is 0 Å². The molecule has 1 heteroatoms. The topological polar surface area (TPSA) is 3.24 Å². The third kappa shape index (κ3) is 6.59. The van der Waals surface area contributed by atoms with Crippen molar-refractivity contribution >= 4 is 70.9 Å². The predicted octanol–water partition coefficient (Wildman–Crippen LogP) is 17.6. The molecule has 12 aromatic rings. The third-order valence-electron chi connectivity index (χ3n) is 12.8. The van der Waals surface area contributed by atoms with Crippen LogP contribution in [0.15, 0.2) is 249 Å². The zero-order chi connectivity index (χ0) is 41.7. The van der Waals surface area contributed by atoms with Gasteiger partial charge < -0.3 is 4.90 Å². The first-order valence-electron chi connectivity index (χ1n) is 21.7. The summed E-state index contributed by atoms with van der Waals surface area (Å²) in [6.45, 7) is 0. The van der Waals surface area contributed by atoms with E-state index in [9.17, 15) is 0 Å². The maximum absolute atomic E-state index is 2.37. The summed E-state index contributed by atoms with van der Waals surface area (Å²) >= 11 is 0. The lowest BCUT2D eigenvalue weighted by atomic mass is 9.92. The number of benzene rings is 12. The van der Waals surface area contributed by atoms with Crippen molar-refractivity contribution in [3.05, 3.63) is 249 Å². The van der Waals surface area contributed by atoms with Crippen molar-refractivity contribution in [1.29, 1.82) is 0 Å². The average molecular weight is 800 g/mol. The Morgan fingerprint density at radius 1 is 0.190 bits per heavy atom. The van der Waals surface area contributed by atoms with E-state index in [4.69, 9.17) is 0 Å². The van der Waals surface area contributed by atoms with Crippen LogP contribution in [0.1, 0.15) is 0 Å². The summed E-state index contributed by atoms with van der Waals surface area (Å²) in [7, 11) is 0. The Bertz CT molecular complexity index is 3660. The zero-order valence-corrected chi connectivity index (χ0v) is 34.6. The first-order valence-corrected chi connectivity index (χ1v) is 21.7. The minimum Gasteiger partial charge on any atom is -0.311 e. The lowest BCUT2D eigenvalue weighted by Crippen LogP contribution is -2.09. The number of hydrogen-bond acceptors (Lipinski definition) is 1. The summed E-state index contributed by atoms with van der Waals surface area (Å²) < 4.78 is 0. The molecule has 0 spiro atoms. The van der Waals surface area contributed by atoms with Crippen LogP contribution < -0.4 is 4.90 Å². The van der Waals surface area contributed by atoms with Crippen LogP contribution in [0.5, 0.6) is 0 Å². The molecule has 0 aliphatic carbocycles. The Hall–Kier alpha value is -8.26. The largest absolute Gasteiger partial charge is 0.311 e. The minimum atomic E-state index is 1.10. The number of rotatable bonds is 7. The van der Waals surface area contributed by atoms with E-state index in [1.54, 1.807) is 0 Å². The van der Waals surface area contributed by atoms with Crippen LogP contribution in [0.3, 0.4) is 0 Å². The zero-order valence-electron chi connectivity index (χ0n) is 34.6. The normalized spacial score (nSPS) is 11.5. The van der Waals surface area contributed by atoms with Gasteiger partial charge in [-0.05, 0) is 159 Å². The molecule has 0 heterocycles. The SMILES string of the molecule is c1cc(-c2ccc(N(c3ccc(-c4ccc5ccccc5c4)cc3)c3ccc(-c4cc5ccccc5c5ccccc45)cc3)cc2)cc(-c2cc3ccccc3c3ccccc23)c1. The first-order chi connectivity index (χ1) is 31.2. The second-order valence-electron chi connectivity index (χ2n) is 16.5. The van der Waals surface area contributed by atoms with Crippen LogP contribution in [0, 0.1) is 0 Å². The Balaban J connectivity index is 0.930. The van der Waals surface area contributed by atoms with E-state index >= 15 is 0 Å². The number of nitrogens with zero attached hydrogens (tertiary/aromatic N) is 1. The van der Waals surface area contributed by atoms with E-state index in [0.717, 1.165) is 17.1 Å². The lowest BCUT2D eigenvalue weighted by molar-refractivity contribution is 1.28. The molecule has 0 aliphatic heterocycles. The molecule has 12 rings (SSSR count). The molecule has 0 amide bonds. The molecular formula is C62H41N. The number of fused-ring (bicyclic) bond motifs is 7. The fourth-order valence-electron chi connectivity index (χ4n) is 9.66. The van der Waals surface area contributed by atoms with E-state index in [2.05, 4.69) is 254 Å². The molecule has 0 atom stereocenters. The second kappa shape index (κ2) is 15.3. The molecule has 0 bridgehead atoms. The highest BCUT2D eigenvalue weighted by molar-refractivity contribution is 6.15. The number of anilines is 3. The first kappa shape index (κ1) is 36.6. The summed E-state index contributed by atoms with van der Waals surface area (Å²) in [5.41, 5.74) is 13.0. The summed E-state index contributed by atoms with van der Waals surface area (Å²) in [6.07, 6.45) is 0. The third-order valence-corrected chi connectivity index (χ3v) is 12.8. The fourth-order valence-corrected chi connectivity index (χ4v) is 9.66. The predicted molar refractivity (Wildman–Crippen MR) is 270 cm³/mol. The van der Waals surface area contributed by atoms with E-state index in [1.165, 1.54) is 98.4 Å². The summed E-state index contributed by atoms with van der Waals surface area (Å²) in [5.74, 6) is 0. The summed E-state index contributed by atoms with van der Waals surface area (Å²) in [5, 5.41) is 12.7. The molecule has 12 aromatic carbocycles. The maximum Gasteiger partial charge on any atom is 0.0462 e. The van der Waals surface area contributed by atoms with Gasteiger partial charge in [0.05, 0.1) is 0 Å². The average Bonchev–Trinajstić information content (AvgIpc) is 3.36. The molecule has 0 aromatic heterocycles. The molecule has 0 fully saturated rings. The van der Waals surface area contributed by atoms with Gasteiger partial charge in [-0.1, -0.05) is 188 Å². The molecule has 0 saturated heterocycles. The van der Waals surface area contributed by atoms with Gasteiger partial charge in [0, 0.05) is 17.1 Å².